The van der Waals surface area contributed by atoms with Crippen molar-refractivity contribution in [2.75, 3.05) is 39.5 Å². The van der Waals surface area contributed by atoms with E-state index in [4.69, 9.17) is 0 Å². The lowest BCUT2D eigenvalue weighted by atomic mass is 10.0. The lowest BCUT2D eigenvalue weighted by Crippen LogP contribution is -2.43. The van der Waals surface area contributed by atoms with E-state index in [1.165, 1.54) is 0 Å². The smallest absolute Gasteiger partial charge is 0.211 e. The van der Waals surface area contributed by atoms with E-state index in [2.05, 4.69) is 30.8 Å². The fraction of sp³-hybridized carbons (Fsp3) is 1.00. The zero-order valence-electron chi connectivity index (χ0n) is 14.5. The molecule has 1 unspecified atom stereocenters. The van der Waals surface area contributed by atoms with Crippen LogP contribution in [0.4, 0.5) is 0 Å². The summed E-state index contributed by atoms with van der Waals surface area (Å²) in [5, 5.41) is 3.29. The van der Waals surface area contributed by atoms with Crippen LogP contribution < -0.4 is 10.0 Å². The highest BCUT2D eigenvalue weighted by molar-refractivity contribution is 7.89. The van der Waals surface area contributed by atoms with Crippen molar-refractivity contribution in [3.63, 3.8) is 0 Å². The average Bonchev–Trinajstić information content (AvgIpc) is 2.31. The van der Waals surface area contributed by atoms with Crippen LogP contribution in [0.5, 0.6) is 0 Å². The predicted octanol–water partition coefficient (Wildman–Crippen LogP) is 1.66. The lowest BCUT2D eigenvalue weighted by Gasteiger charge is -2.23. The number of nitrogens with zero attached hydrogens (tertiary/aromatic N) is 1. The standard InChI is InChI=1S/C15H35N3O2S/c1-6-9-16-10-7-8-11-21(19,20)17-15(12-14(2)3)13-18(4)5/h14-17H,6-13H2,1-5H3. The Hall–Kier alpha value is -0.170. The molecular formula is C15H35N3O2S. The summed E-state index contributed by atoms with van der Waals surface area (Å²) in [6.45, 7) is 9.02. The van der Waals surface area contributed by atoms with Crippen molar-refractivity contribution in [2.45, 2.75) is 52.5 Å². The van der Waals surface area contributed by atoms with Crippen molar-refractivity contribution < 1.29 is 8.42 Å². The first-order valence-electron chi connectivity index (χ1n) is 8.12. The monoisotopic (exact) mass is 321 g/mol. The van der Waals surface area contributed by atoms with Gasteiger partial charge in [0.05, 0.1) is 5.75 Å². The molecular weight excluding hydrogens is 286 g/mol. The molecule has 0 saturated carbocycles. The normalized spacial score (nSPS) is 14.0. The molecule has 0 heterocycles. The van der Waals surface area contributed by atoms with Crippen molar-refractivity contribution in [2.24, 2.45) is 5.92 Å². The van der Waals surface area contributed by atoms with Gasteiger partial charge in [0, 0.05) is 12.6 Å². The lowest BCUT2D eigenvalue weighted by molar-refractivity contribution is 0.329. The van der Waals surface area contributed by atoms with Crippen LogP contribution >= 0.6 is 0 Å². The maximum absolute atomic E-state index is 12.1. The van der Waals surface area contributed by atoms with E-state index in [0.29, 0.717) is 12.3 Å². The minimum atomic E-state index is -3.17. The van der Waals surface area contributed by atoms with Gasteiger partial charge in [0.25, 0.3) is 0 Å². The molecule has 0 bridgehead atoms. The molecule has 0 saturated heterocycles. The number of hydrogen-bond acceptors (Lipinski definition) is 4. The maximum Gasteiger partial charge on any atom is 0.211 e. The topological polar surface area (TPSA) is 61.4 Å². The third-order valence-corrected chi connectivity index (χ3v) is 4.65. The summed E-state index contributed by atoms with van der Waals surface area (Å²) >= 11 is 0. The molecule has 21 heavy (non-hydrogen) atoms. The number of unbranched alkanes of at least 4 members (excludes halogenated alkanes) is 1. The third-order valence-electron chi connectivity index (χ3n) is 3.13. The Labute approximate surface area is 131 Å². The van der Waals surface area contributed by atoms with Gasteiger partial charge in [-0.25, -0.2) is 13.1 Å². The van der Waals surface area contributed by atoms with E-state index in [1.807, 2.05) is 19.0 Å². The zero-order chi connectivity index (χ0) is 16.3. The maximum atomic E-state index is 12.1. The summed E-state index contributed by atoms with van der Waals surface area (Å²) in [6.07, 6.45) is 3.60. The number of nitrogens with one attached hydrogen (secondary N) is 2. The molecule has 0 aliphatic carbocycles. The molecule has 2 N–H and O–H groups in total. The molecule has 0 amide bonds. The van der Waals surface area contributed by atoms with Crippen LogP contribution in [-0.4, -0.2) is 58.8 Å². The summed E-state index contributed by atoms with van der Waals surface area (Å²) in [6, 6.07) is 0.00298. The van der Waals surface area contributed by atoms with Crippen molar-refractivity contribution in [1.29, 1.82) is 0 Å². The quantitative estimate of drug-likeness (QED) is 0.507. The molecule has 0 fully saturated rings. The summed E-state index contributed by atoms with van der Waals surface area (Å²) in [7, 11) is 0.777. The Morgan fingerprint density at radius 2 is 1.76 bits per heavy atom. The van der Waals surface area contributed by atoms with Crippen molar-refractivity contribution in [1.82, 2.24) is 14.9 Å². The van der Waals surface area contributed by atoms with Gasteiger partial charge in [0.1, 0.15) is 0 Å². The van der Waals surface area contributed by atoms with Crippen molar-refractivity contribution in [3.8, 4) is 0 Å². The molecule has 6 heteroatoms. The van der Waals surface area contributed by atoms with Gasteiger partial charge >= 0.3 is 0 Å². The largest absolute Gasteiger partial charge is 0.317 e. The van der Waals surface area contributed by atoms with E-state index in [1.54, 1.807) is 0 Å². The molecule has 0 aromatic heterocycles. The molecule has 0 rings (SSSR count). The first kappa shape index (κ1) is 20.8. The van der Waals surface area contributed by atoms with Crippen LogP contribution in [0, 0.1) is 5.92 Å². The van der Waals surface area contributed by atoms with Crippen molar-refractivity contribution in [3.05, 3.63) is 0 Å². The second kappa shape index (κ2) is 11.4. The fourth-order valence-corrected chi connectivity index (χ4v) is 3.71. The minimum Gasteiger partial charge on any atom is -0.317 e. The third kappa shape index (κ3) is 13.2. The van der Waals surface area contributed by atoms with Gasteiger partial charge in [-0.3, -0.25) is 0 Å². The first-order chi connectivity index (χ1) is 9.76. The molecule has 1 atom stereocenters. The van der Waals surface area contributed by atoms with Crippen LogP contribution in [0.15, 0.2) is 0 Å². The molecule has 0 radical (unpaired) electrons. The highest BCUT2D eigenvalue weighted by Crippen LogP contribution is 2.07. The number of rotatable bonds is 13. The number of hydrogen-bond donors (Lipinski definition) is 2. The Bertz CT molecular complexity index is 333. The molecule has 0 aliphatic rings. The minimum absolute atomic E-state index is 0.00298. The summed E-state index contributed by atoms with van der Waals surface area (Å²) in [5.74, 6) is 0.707. The second-order valence-electron chi connectivity index (χ2n) is 6.48. The molecule has 0 aliphatic heterocycles. The summed E-state index contributed by atoms with van der Waals surface area (Å²) < 4.78 is 27.2. The van der Waals surface area contributed by atoms with E-state index < -0.39 is 10.0 Å². The average molecular weight is 322 g/mol. The van der Waals surface area contributed by atoms with Crippen LogP contribution in [0.1, 0.15) is 46.5 Å². The molecule has 0 aromatic rings. The van der Waals surface area contributed by atoms with Gasteiger partial charge in [0.2, 0.25) is 10.0 Å². The second-order valence-corrected chi connectivity index (χ2v) is 8.36. The van der Waals surface area contributed by atoms with Crippen LogP contribution in [-0.2, 0) is 10.0 Å². The van der Waals surface area contributed by atoms with E-state index in [-0.39, 0.29) is 11.8 Å². The van der Waals surface area contributed by atoms with Gasteiger partial charge in [-0.1, -0.05) is 20.8 Å². The molecule has 0 aromatic carbocycles. The van der Waals surface area contributed by atoms with E-state index in [9.17, 15) is 8.42 Å². The molecule has 5 nitrogen and oxygen atoms in total. The zero-order valence-corrected chi connectivity index (χ0v) is 15.3. The Morgan fingerprint density at radius 1 is 1.10 bits per heavy atom. The predicted molar refractivity (Wildman–Crippen MR) is 91.1 cm³/mol. The van der Waals surface area contributed by atoms with Gasteiger partial charge in [-0.2, -0.15) is 0 Å². The van der Waals surface area contributed by atoms with Crippen molar-refractivity contribution >= 4 is 10.0 Å². The summed E-state index contributed by atoms with van der Waals surface area (Å²) in [5.41, 5.74) is 0. The molecule has 128 valence electrons. The number of likely N-dealkylation sites (N-methyl/N-ethyl adjacent to an activating group) is 1. The molecule has 0 spiro atoms. The Morgan fingerprint density at radius 3 is 2.29 bits per heavy atom. The van der Waals surface area contributed by atoms with E-state index >= 15 is 0 Å². The Kier molecular flexibility index (Phi) is 11.3. The number of sulfonamides is 1. The van der Waals surface area contributed by atoms with Gasteiger partial charge in [0.15, 0.2) is 0 Å². The van der Waals surface area contributed by atoms with Crippen LogP contribution in [0.3, 0.4) is 0 Å². The Balaban J connectivity index is 4.14. The highest BCUT2D eigenvalue weighted by atomic mass is 32.2. The van der Waals surface area contributed by atoms with Crippen LogP contribution in [0.2, 0.25) is 0 Å². The van der Waals surface area contributed by atoms with Crippen LogP contribution in [0.25, 0.3) is 0 Å². The van der Waals surface area contributed by atoms with Gasteiger partial charge < -0.3 is 10.2 Å². The van der Waals surface area contributed by atoms with Gasteiger partial charge in [-0.05, 0) is 58.8 Å². The summed E-state index contributed by atoms with van der Waals surface area (Å²) in [4.78, 5) is 2.03. The SMILES string of the molecule is CCCNCCCCS(=O)(=O)NC(CC(C)C)CN(C)C. The highest BCUT2D eigenvalue weighted by Gasteiger charge is 2.19. The first-order valence-corrected chi connectivity index (χ1v) is 9.77. The van der Waals surface area contributed by atoms with E-state index in [0.717, 1.165) is 38.9 Å². The fourth-order valence-electron chi connectivity index (χ4n) is 2.33. The van der Waals surface area contributed by atoms with Gasteiger partial charge in [-0.15, -0.1) is 0 Å².